The molecule has 0 aliphatic heterocycles. The molecule has 0 radical (unpaired) electrons. The van der Waals surface area contributed by atoms with Crippen LogP contribution in [-0.2, 0) is 17.1 Å². The molecule has 3 heterocycles. The van der Waals surface area contributed by atoms with Crippen molar-refractivity contribution in [3.8, 4) is 17.0 Å². The zero-order valence-corrected chi connectivity index (χ0v) is 18.7. The number of H-pyrrole nitrogens is 1. The van der Waals surface area contributed by atoms with Crippen LogP contribution < -0.4 is 10.1 Å². The number of amides is 1. The SMILES string of the molecule is COc1ncc(NC(=O)Cc2ccc(-c3cnc4n[nH]c(C5CC5)c4c3)cc2)cc1C(C)(F)F. The first-order valence-corrected chi connectivity index (χ1v) is 11.0. The van der Waals surface area contributed by atoms with Crippen molar-refractivity contribution in [2.75, 3.05) is 12.4 Å². The average Bonchev–Trinajstić information content (AvgIpc) is 3.57. The lowest BCUT2D eigenvalue weighted by Gasteiger charge is -2.15. The number of pyridine rings is 2. The standard InChI is InChI=1S/C25H23F2N5O2/c1-25(26,27)20-11-18(13-29-24(20)34-2)30-21(33)9-14-3-5-15(6-4-14)17-10-19-22(16-7-8-16)31-32-23(19)28-12-17/h3-6,10-13,16H,7-9H2,1-2H3,(H,30,33)(H,28,31,32). The van der Waals surface area contributed by atoms with Gasteiger partial charge < -0.3 is 10.1 Å². The minimum Gasteiger partial charge on any atom is -0.481 e. The van der Waals surface area contributed by atoms with E-state index in [4.69, 9.17) is 4.74 Å². The number of carbonyl (C=O) groups is 1. The lowest BCUT2D eigenvalue weighted by Crippen LogP contribution is -2.16. The van der Waals surface area contributed by atoms with E-state index in [0.29, 0.717) is 5.92 Å². The van der Waals surface area contributed by atoms with Crippen LogP contribution in [0.3, 0.4) is 0 Å². The number of nitrogens with one attached hydrogen (secondary N) is 2. The zero-order valence-electron chi connectivity index (χ0n) is 18.7. The summed E-state index contributed by atoms with van der Waals surface area (Å²) in [5.41, 5.74) is 4.42. The molecule has 4 aromatic rings. The van der Waals surface area contributed by atoms with Gasteiger partial charge in [-0.3, -0.25) is 9.89 Å². The number of halogens is 2. The van der Waals surface area contributed by atoms with Crippen LogP contribution in [0.1, 0.15) is 42.5 Å². The zero-order chi connectivity index (χ0) is 23.9. The lowest BCUT2D eigenvalue weighted by molar-refractivity contribution is -0.115. The van der Waals surface area contributed by atoms with E-state index in [-0.39, 0.29) is 29.5 Å². The number of nitrogens with zero attached hydrogens (tertiary/aromatic N) is 3. The highest BCUT2D eigenvalue weighted by Gasteiger charge is 2.30. The Morgan fingerprint density at radius 2 is 1.91 bits per heavy atom. The van der Waals surface area contributed by atoms with Gasteiger partial charge in [-0.05, 0) is 36.1 Å². The first-order valence-electron chi connectivity index (χ1n) is 11.0. The topological polar surface area (TPSA) is 92.8 Å². The van der Waals surface area contributed by atoms with Crippen molar-refractivity contribution in [3.05, 3.63) is 65.6 Å². The molecule has 0 unspecified atom stereocenters. The van der Waals surface area contributed by atoms with Crippen LogP contribution in [0.2, 0.25) is 0 Å². The third-order valence-electron chi connectivity index (χ3n) is 5.88. The molecule has 9 heteroatoms. The summed E-state index contributed by atoms with van der Waals surface area (Å²) in [6.07, 6.45) is 5.53. The highest BCUT2D eigenvalue weighted by atomic mass is 19.3. The minimum absolute atomic E-state index is 0.0923. The number of methoxy groups -OCH3 is 1. The molecule has 2 N–H and O–H groups in total. The second-order valence-corrected chi connectivity index (χ2v) is 8.60. The largest absolute Gasteiger partial charge is 0.481 e. The van der Waals surface area contributed by atoms with E-state index in [2.05, 4.69) is 31.5 Å². The summed E-state index contributed by atoms with van der Waals surface area (Å²) in [5.74, 6) is -3.11. The van der Waals surface area contributed by atoms with Crippen molar-refractivity contribution in [1.29, 1.82) is 0 Å². The molecule has 1 aliphatic rings. The fourth-order valence-corrected chi connectivity index (χ4v) is 3.96. The van der Waals surface area contributed by atoms with Gasteiger partial charge in [0.25, 0.3) is 5.92 Å². The number of hydrogen-bond donors (Lipinski definition) is 2. The summed E-state index contributed by atoms with van der Waals surface area (Å²) >= 11 is 0. The number of aromatic nitrogens is 4. The highest BCUT2D eigenvalue weighted by Crippen LogP contribution is 2.42. The Morgan fingerprint density at radius 1 is 1.15 bits per heavy atom. The Labute approximate surface area is 194 Å². The number of benzene rings is 1. The second-order valence-electron chi connectivity index (χ2n) is 8.60. The van der Waals surface area contributed by atoms with Crippen molar-refractivity contribution < 1.29 is 18.3 Å². The monoisotopic (exact) mass is 463 g/mol. The van der Waals surface area contributed by atoms with E-state index in [1.807, 2.05) is 24.3 Å². The number of rotatable bonds is 7. The maximum Gasteiger partial charge on any atom is 0.275 e. The Bertz CT molecular complexity index is 1360. The van der Waals surface area contributed by atoms with E-state index in [9.17, 15) is 13.6 Å². The summed E-state index contributed by atoms with van der Waals surface area (Å²) in [6, 6.07) is 10.9. The third-order valence-corrected chi connectivity index (χ3v) is 5.88. The summed E-state index contributed by atoms with van der Waals surface area (Å²) in [4.78, 5) is 20.8. The predicted octanol–water partition coefficient (Wildman–Crippen LogP) is 5.20. The minimum atomic E-state index is -3.15. The second kappa shape index (κ2) is 8.48. The maximum atomic E-state index is 13.8. The first kappa shape index (κ1) is 21.9. The van der Waals surface area contributed by atoms with Gasteiger partial charge in [-0.1, -0.05) is 24.3 Å². The van der Waals surface area contributed by atoms with Gasteiger partial charge in [0.2, 0.25) is 11.8 Å². The molecule has 1 aromatic carbocycles. The van der Waals surface area contributed by atoms with Crippen LogP contribution in [0.5, 0.6) is 5.88 Å². The number of carbonyl (C=O) groups excluding carboxylic acids is 1. The summed E-state index contributed by atoms with van der Waals surface area (Å²) < 4.78 is 32.6. The normalized spacial score (nSPS) is 13.8. The number of alkyl halides is 2. The van der Waals surface area contributed by atoms with E-state index in [0.717, 1.165) is 40.3 Å². The van der Waals surface area contributed by atoms with Gasteiger partial charge in [0, 0.05) is 35.7 Å². The van der Waals surface area contributed by atoms with Crippen LogP contribution in [0.15, 0.2) is 48.8 Å². The van der Waals surface area contributed by atoms with Gasteiger partial charge >= 0.3 is 0 Å². The Morgan fingerprint density at radius 3 is 2.59 bits per heavy atom. The molecule has 0 spiro atoms. The van der Waals surface area contributed by atoms with Crippen molar-refractivity contribution in [1.82, 2.24) is 20.2 Å². The smallest absolute Gasteiger partial charge is 0.275 e. The Balaban J connectivity index is 1.29. The molecule has 0 saturated heterocycles. The van der Waals surface area contributed by atoms with Crippen LogP contribution in [0.25, 0.3) is 22.2 Å². The molecule has 0 atom stereocenters. The van der Waals surface area contributed by atoms with Gasteiger partial charge in [-0.15, -0.1) is 0 Å². The van der Waals surface area contributed by atoms with Gasteiger partial charge in [-0.2, -0.15) is 5.10 Å². The van der Waals surface area contributed by atoms with Crippen molar-refractivity contribution >= 4 is 22.6 Å². The predicted molar refractivity (Wildman–Crippen MR) is 124 cm³/mol. The molecule has 1 saturated carbocycles. The quantitative estimate of drug-likeness (QED) is 0.393. The Kier molecular flexibility index (Phi) is 5.47. The van der Waals surface area contributed by atoms with Crippen molar-refractivity contribution in [2.24, 2.45) is 0 Å². The maximum absolute atomic E-state index is 13.8. The van der Waals surface area contributed by atoms with Crippen LogP contribution in [-0.4, -0.2) is 33.2 Å². The molecule has 3 aromatic heterocycles. The van der Waals surface area contributed by atoms with E-state index in [1.54, 1.807) is 6.20 Å². The number of ether oxygens (including phenoxy) is 1. The number of anilines is 1. The van der Waals surface area contributed by atoms with Gasteiger partial charge in [0.1, 0.15) is 0 Å². The lowest BCUT2D eigenvalue weighted by atomic mass is 10.0. The average molecular weight is 463 g/mol. The molecule has 1 amide bonds. The molecule has 5 rings (SSSR count). The fourth-order valence-electron chi connectivity index (χ4n) is 3.96. The molecule has 1 fully saturated rings. The molecule has 7 nitrogen and oxygen atoms in total. The van der Waals surface area contributed by atoms with E-state index in [1.165, 1.54) is 32.2 Å². The first-order chi connectivity index (χ1) is 16.3. The van der Waals surface area contributed by atoms with E-state index < -0.39 is 5.92 Å². The third kappa shape index (κ3) is 4.46. The molecule has 34 heavy (non-hydrogen) atoms. The van der Waals surface area contributed by atoms with Crippen LogP contribution in [0.4, 0.5) is 14.5 Å². The number of aromatic amines is 1. The molecular weight excluding hydrogens is 440 g/mol. The Hall–Kier alpha value is -3.88. The van der Waals surface area contributed by atoms with Crippen LogP contribution >= 0.6 is 0 Å². The molecule has 1 aliphatic carbocycles. The van der Waals surface area contributed by atoms with Crippen molar-refractivity contribution in [2.45, 2.75) is 38.0 Å². The summed E-state index contributed by atoms with van der Waals surface area (Å²) in [6.45, 7) is 0.756. The van der Waals surface area contributed by atoms with Gasteiger partial charge in [-0.25, -0.2) is 18.7 Å². The van der Waals surface area contributed by atoms with Gasteiger partial charge in [0.15, 0.2) is 5.65 Å². The molecular formula is C25H23F2N5O2. The number of fused-ring (bicyclic) bond motifs is 1. The summed E-state index contributed by atoms with van der Waals surface area (Å²) in [7, 11) is 1.27. The van der Waals surface area contributed by atoms with Crippen LogP contribution in [0, 0.1) is 0 Å². The van der Waals surface area contributed by atoms with E-state index >= 15 is 0 Å². The summed E-state index contributed by atoms with van der Waals surface area (Å²) in [5, 5.41) is 11.1. The van der Waals surface area contributed by atoms with Crippen molar-refractivity contribution in [3.63, 3.8) is 0 Å². The fraction of sp³-hybridized carbons (Fsp3) is 0.280. The number of hydrogen-bond acceptors (Lipinski definition) is 5. The van der Waals surface area contributed by atoms with Gasteiger partial charge in [0.05, 0.1) is 31.0 Å². The molecule has 174 valence electrons. The molecule has 0 bridgehead atoms. The highest BCUT2D eigenvalue weighted by molar-refractivity contribution is 5.92.